The van der Waals surface area contributed by atoms with Gasteiger partial charge in [-0.25, -0.2) is 0 Å². The van der Waals surface area contributed by atoms with Crippen LogP contribution in [-0.2, 0) is 4.74 Å². The zero-order valence-electron chi connectivity index (χ0n) is 15.1. The van der Waals surface area contributed by atoms with Crippen LogP contribution in [-0.4, -0.2) is 55.4 Å². The van der Waals surface area contributed by atoms with Crippen molar-refractivity contribution in [2.75, 3.05) is 33.4 Å². The van der Waals surface area contributed by atoms with Gasteiger partial charge in [0.2, 0.25) is 0 Å². The lowest BCUT2D eigenvalue weighted by molar-refractivity contribution is 0.0892. The van der Waals surface area contributed by atoms with Gasteiger partial charge in [-0.2, -0.15) is 0 Å². The number of rotatable bonds is 6. The number of carbonyl (C=O) groups excluding carboxylic acids is 1. The number of likely N-dealkylation sites (tertiary alicyclic amines) is 1. The second kappa shape index (κ2) is 8.66. The number of amides is 1. The molecule has 1 N–H and O–H groups in total. The maximum absolute atomic E-state index is 12.9. The van der Waals surface area contributed by atoms with Crippen molar-refractivity contribution in [1.82, 2.24) is 15.4 Å². The van der Waals surface area contributed by atoms with E-state index in [4.69, 9.17) is 20.9 Å². The Bertz CT molecular complexity index is 754. The third kappa shape index (κ3) is 4.26. The van der Waals surface area contributed by atoms with Crippen LogP contribution in [0.5, 0.6) is 0 Å². The third-order valence-corrected chi connectivity index (χ3v) is 5.08. The molecule has 1 saturated heterocycles. The predicted octanol–water partition coefficient (Wildman–Crippen LogP) is 3.14. The summed E-state index contributed by atoms with van der Waals surface area (Å²) in [7, 11) is 1.71. The van der Waals surface area contributed by atoms with Gasteiger partial charge in [0, 0.05) is 38.3 Å². The van der Waals surface area contributed by atoms with Gasteiger partial charge in [-0.05, 0) is 25.8 Å². The van der Waals surface area contributed by atoms with Crippen LogP contribution < -0.4 is 5.32 Å². The van der Waals surface area contributed by atoms with Gasteiger partial charge >= 0.3 is 0 Å². The second-order valence-electron chi connectivity index (χ2n) is 6.52. The molecule has 1 aliphatic heterocycles. The molecule has 1 amide bonds. The zero-order valence-corrected chi connectivity index (χ0v) is 15.9. The van der Waals surface area contributed by atoms with Gasteiger partial charge in [-0.3, -0.25) is 4.79 Å². The third-order valence-electron chi connectivity index (χ3n) is 4.75. The number of aryl methyl sites for hydroxylation is 1. The Kier molecular flexibility index (Phi) is 6.29. The summed E-state index contributed by atoms with van der Waals surface area (Å²) in [5, 5.41) is 7.74. The van der Waals surface area contributed by atoms with Crippen molar-refractivity contribution in [3.8, 4) is 11.3 Å². The molecule has 0 aliphatic carbocycles. The molecule has 0 bridgehead atoms. The minimum absolute atomic E-state index is 0.148. The Morgan fingerprint density at radius 3 is 2.81 bits per heavy atom. The standard InChI is InChI=1S/C19H24ClN3O3/c1-13-17(18(22-26-13)15-5-3-4-6-16(15)20)19(24)21-14-7-9-23(10-8-14)11-12-25-2/h3-6,14H,7-12H2,1-2H3,(H,21,24). The van der Waals surface area contributed by atoms with Crippen molar-refractivity contribution in [2.45, 2.75) is 25.8 Å². The highest BCUT2D eigenvalue weighted by Gasteiger charge is 2.26. The van der Waals surface area contributed by atoms with E-state index >= 15 is 0 Å². The van der Waals surface area contributed by atoms with Crippen molar-refractivity contribution >= 4 is 17.5 Å². The van der Waals surface area contributed by atoms with Gasteiger partial charge in [0.15, 0.2) is 0 Å². The lowest BCUT2D eigenvalue weighted by Gasteiger charge is -2.32. The number of aromatic nitrogens is 1. The summed E-state index contributed by atoms with van der Waals surface area (Å²) in [6.07, 6.45) is 1.84. The number of methoxy groups -OCH3 is 1. The number of piperidine rings is 1. The maximum atomic E-state index is 12.9. The highest BCUT2D eigenvalue weighted by molar-refractivity contribution is 6.33. The van der Waals surface area contributed by atoms with Gasteiger partial charge in [0.25, 0.3) is 5.91 Å². The molecule has 7 heteroatoms. The molecular formula is C19H24ClN3O3. The first-order chi connectivity index (χ1) is 12.6. The molecule has 0 saturated carbocycles. The first-order valence-electron chi connectivity index (χ1n) is 8.83. The average molecular weight is 378 g/mol. The number of hydrogen-bond donors (Lipinski definition) is 1. The van der Waals surface area contributed by atoms with Crippen molar-refractivity contribution in [3.05, 3.63) is 40.6 Å². The number of benzene rings is 1. The molecule has 0 spiro atoms. The Morgan fingerprint density at radius 1 is 1.38 bits per heavy atom. The largest absolute Gasteiger partial charge is 0.383 e. The number of nitrogens with one attached hydrogen (secondary N) is 1. The first kappa shape index (κ1) is 18.9. The van der Waals surface area contributed by atoms with Gasteiger partial charge in [-0.1, -0.05) is 35.0 Å². The summed E-state index contributed by atoms with van der Waals surface area (Å²) in [4.78, 5) is 15.2. The minimum atomic E-state index is -0.158. The SMILES string of the molecule is COCCN1CCC(NC(=O)c2c(-c3ccccc3Cl)noc2C)CC1. The fourth-order valence-electron chi connectivity index (χ4n) is 3.26. The van der Waals surface area contributed by atoms with E-state index in [0.29, 0.717) is 27.6 Å². The summed E-state index contributed by atoms with van der Waals surface area (Å²) in [5.41, 5.74) is 1.65. The number of ether oxygens (including phenoxy) is 1. The monoisotopic (exact) mass is 377 g/mol. The second-order valence-corrected chi connectivity index (χ2v) is 6.93. The molecule has 26 heavy (non-hydrogen) atoms. The van der Waals surface area contributed by atoms with E-state index in [9.17, 15) is 4.79 Å². The van der Waals surface area contributed by atoms with Crippen molar-refractivity contribution in [3.63, 3.8) is 0 Å². The summed E-state index contributed by atoms with van der Waals surface area (Å²) >= 11 is 6.27. The molecule has 3 rings (SSSR count). The van der Waals surface area contributed by atoms with Crippen molar-refractivity contribution in [1.29, 1.82) is 0 Å². The number of nitrogens with zero attached hydrogens (tertiary/aromatic N) is 2. The molecule has 1 fully saturated rings. The van der Waals surface area contributed by atoms with Crippen LogP contribution in [0, 0.1) is 6.92 Å². The minimum Gasteiger partial charge on any atom is -0.383 e. The maximum Gasteiger partial charge on any atom is 0.257 e. The van der Waals surface area contributed by atoms with Crippen LogP contribution in [0.2, 0.25) is 5.02 Å². The van der Waals surface area contributed by atoms with Crippen LogP contribution in [0.15, 0.2) is 28.8 Å². The van der Waals surface area contributed by atoms with E-state index < -0.39 is 0 Å². The van der Waals surface area contributed by atoms with Crippen LogP contribution in [0.3, 0.4) is 0 Å². The lowest BCUT2D eigenvalue weighted by Crippen LogP contribution is -2.45. The highest BCUT2D eigenvalue weighted by Crippen LogP contribution is 2.31. The van der Waals surface area contributed by atoms with E-state index in [1.807, 2.05) is 18.2 Å². The Balaban J connectivity index is 1.68. The molecule has 1 aromatic heterocycles. The number of halogens is 1. The van der Waals surface area contributed by atoms with Gasteiger partial charge in [0.05, 0.1) is 11.6 Å². The highest BCUT2D eigenvalue weighted by atomic mass is 35.5. The smallest absolute Gasteiger partial charge is 0.257 e. The molecular weight excluding hydrogens is 354 g/mol. The topological polar surface area (TPSA) is 67.6 Å². The van der Waals surface area contributed by atoms with E-state index in [2.05, 4.69) is 15.4 Å². The Labute approximate surface area is 158 Å². The fourth-order valence-corrected chi connectivity index (χ4v) is 3.48. The molecule has 0 unspecified atom stereocenters. The molecule has 0 radical (unpaired) electrons. The van der Waals surface area contributed by atoms with Gasteiger partial charge < -0.3 is 19.5 Å². The Hall–Kier alpha value is -1.89. The van der Waals surface area contributed by atoms with E-state index in [0.717, 1.165) is 39.1 Å². The molecule has 2 aromatic rings. The van der Waals surface area contributed by atoms with Gasteiger partial charge in [-0.15, -0.1) is 0 Å². The van der Waals surface area contributed by atoms with Crippen molar-refractivity contribution in [2.24, 2.45) is 0 Å². The fraction of sp³-hybridized carbons (Fsp3) is 0.474. The molecule has 6 nitrogen and oxygen atoms in total. The summed E-state index contributed by atoms with van der Waals surface area (Å²) in [6.45, 7) is 5.31. The first-order valence-corrected chi connectivity index (χ1v) is 9.21. The zero-order chi connectivity index (χ0) is 18.5. The molecule has 1 aliphatic rings. The average Bonchev–Trinajstić information content (AvgIpc) is 3.03. The molecule has 140 valence electrons. The normalized spacial score (nSPS) is 16.0. The van der Waals surface area contributed by atoms with E-state index in [1.165, 1.54) is 0 Å². The Morgan fingerprint density at radius 2 is 2.12 bits per heavy atom. The summed E-state index contributed by atoms with van der Waals surface area (Å²) in [5.74, 6) is 0.337. The van der Waals surface area contributed by atoms with E-state index in [-0.39, 0.29) is 11.9 Å². The van der Waals surface area contributed by atoms with Crippen LogP contribution in [0.25, 0.3) is 11.3 Å². The van der Waals surface area contributed by atoms with Crippen LogP contribution in [0.4, 0.5) is 0 Å². The van der Waals surface area contributed by atoms with Crippen molar-refractivity contribution < 1.29 is 14.1 Å². The van der Waals surface area contributed by atoms with Gasteiger partial charge in [0.1, 0.15) is 17.0 Å². The van der Waals surface area contributed by atoms with Crippen LogP contribution in [0.1, 0.15) is 29.0 Å². The van der Waals surface area contributed by atoms with Crippen LogP contribution >= 0.6 is 11.6 Å². The quantitative estimate of drug-likeness (QED) is 0.837. The molecule has 2 heterocycles. The molecule has 0 atom stereocenters. The summed E-state index contributed by atoms with van der Waals surface area (Å²) < 4.78 is 10.4. The number of hydrogen-bond acceptors (Lipinski definition) is 5. The van der Waals surface area contributed by atoms with E-state index in [1.54, 1.807) is 20.1 Å². The predicted molar refractivity (Wildman–Crippen MR) is 100 cm³/mol. The lowest BCUT2D eigenvalue weighted by atomic mass is 10.0. The number of carbonyl (C=O) groups is 1. The summed E-state index contributed by atoms with van der Waals surface area (Å²) in [6, 6.07) is 7.47. The molecule has 1 aromatic carbocycles.